The Labute approximate surface area is 142 Å². The van der Waals surface area contributed by atoms with Crippen LogP contribution >= 0.6 is 0 Å². The van der Waals surface area contributed by atoms with Gasteiger partial charge in [0.1, 0.15) is 0 Å². The number of nitrogens with zero attached hydrogens (tertiary/aromatic N) is 4. The van der Waals surface area contributed by atoms with Gasteiger partial charge >= 0.3 is 6.18 Å². The number of ether oxygens (including phenoxy) is 1. The van der Waals surface area contributed by atoms with Gasteiger partial charge in [0, 0.05) is 31.0 Å². The zero-order valence-corrected chi connectivity index (χ0v) is 14.4. The second-order valence-corrected chi connectivity index (χ2v) is 5.83. The van der Waals surface area contributed by atoms with Gasteiger partial charge in [-0.1, -0.05) is 0 Å². The Balaban J connectivity index is 2.20. The third-order valence-corrected chi connectivity index (χ3v) is 3.73. The molecule has 0 fully saturated rings. The Bertz CT molecular complexity index is 773. The van der Waals surface area contributed by atoms with E-state index in [1.807, 2.05) is 6.92 Å². The molecular formula is C15H20F3N5O2. The highest BCUT2D eigenvalue weighted by Crippen LogP contribution is 2.27. The molecule has 10 heteroatoms. The first kappa shape index (κ1) is 19.1. The number of hydrogen-bond donors (Lipinski definition) is 1. The topological polar surface area (TPSA) is 81.4 Å². The van der Waals surface area contributed by atoms with Crippen molar-refractivity contribution in [3.8, 4) is 0 Å². The highest BCUT2D eigenvalue weighted by molar-refractivity contribution is 5.76. The molecule has 2 aromatic heterocycles. The fraction of sp³-hybridized carbons (Fsp3) is 0.600. The van der Waals surface area contributed by atoms with Crippen LogP contribution in [0.3, 0.4) is 0 Å². The van der Waals surface area contributed by atoms with Crippen LogP contribution in [0.1, 0.15) is 36.1 Å². The van der Waals surface area contributed by atoms with Gasteiger partial charge in [-0.15, -0.1) is 5.10 Å². The van der Waals surface area contributed by atoms with E-state index in [9.17, 15) is 18.0 Å². The van der Waals surface area contributed by atoms with Gasteiger partial charge in [0.15, 0.2) is 0 Å². The summed E-state index contributed by atoms with van der Waals surface area (Å²) in [5.41, 5.74) is 1.70. The summed E-state index contributed by atoms with van der Waals surface area (Å²) in [6.07, 6.45) is -4.11. The number of amides is 1. The SMILES string of the molecule is COCC(C)NC(=O)CCc1c(C)nc2nc(C(F)(F)F)nn2c1C. The Morgan fingerprint density at radius 3 is 2.60 bits per heavy atom. The lowest BCUT2D eigenvalue weighted by molar-refractivity contribution is -0.144. The molecule has 2 rings (SSSR count). The van der Waals surface area contributed by atoms with Gasteiger partial charge in [-0.3, -0.25) is 4.79 Å². The summed E-state index contributed by atoms with van der Waals surface area (Å²) in [7, 11) is 1.55. The molecule has 0 aliphatic carbocycles. The van der Waals surface area contributed by atoms with Crippen molar-refractivity contribution in [3.05, 3.63) is 22.8 Å². The second-order valence-electron chi connectivity index (χ2n) is 5.83. The lowest BCUT2D eigenvalue weighted by Crippen LogP contribution is -2.35. The standard InChI is InChI=1S/C15H20F3N5O2/c1-8(7-25-4)19-12(24)6-5-11-9(2)20-14-21-13(15(16,17)18)22-23(14)10(11)3/h8H,5-7H2,1-4H3,(H,19,24). The molecule has 0 saturated carbocycles. The Kier molecular flexibility index (Phi) is 5.61. The van der Waals surface area contributed by atoms with E-state index in [0.29, 0.717) is 30.0 Å². The van der Waals surface area contributed by atoms with Crippen LogP contribution in [0.25, 0.3) is 5.78 Å². The van der Waals surface area contributed by atoms with Crippen LogP contribution in [0, 0.1) is 13.8 Å². The van der Waals surface area contributed by atoms with Gasteiger partial charge in [0.25, 0.3) is 11.6 Å². The first-order chi connectivity index (χ1) is 11.6. The number of halogens is 3. The molecule has 2 heterocycles. The number of alkyl halides is 3. The summed E-state index contributed by atoms with van der Waals surface area (Å²) >= 11 is 0. The summed E-state index contributed by atoms with van der Waals surface area (Å²) in [5, 5.41) is 6.27. The predicted octanol–water partition coefficient (Wildman–Crippen LogP) is 1.84. The lowest BCUT2D eigenvalue weighted by atomic mass is 10.1. The molecule has 0 aliphatic heterocycles. The number of aryl methyl sites for hydroxylation is 2. The lowest BCUT2D eigenvalue weighted by Gasteiger charge is -2.14. The quantitative estimate of drug-likeness (QED) is 0.851. The molecular weight excluding hydrogens is 339 g/mol. The minimum absolute atomic E-state index is 0.107. The number of aromatic nitrogens is 4. The van der Waals surface area contributed by atoms with Gasteiger partial charge in [-0.25, -0.2) is 9.50 Å². The number of carbonyl (C=O) groups is 1. The average molecular weight is 359 g/mol. The zero-order chi connectivity index (χ0) is 18.8. The fourth-order valence-electron chi connectivity index (χ4n) is 2.57. The van der Waals surface area contributed by atoms with E-state index in [4.69, 9.17) is 4.74 Å². The summed E-state index contributed by atoms with van der Waals surface area (Å²) in [6.45, 7) is 5.53. The van der Waals surface area contributed by atoms with Crippen LogP contribution in [0.15, 0.2) is 0 Å². The molecule has 7 nitrogen and oxygen atoms in total. The highest BCUT2D eigenvalue weighted by Gasteiger charge is 2.36. The van der Waals surface area contributed by atoms with Crippen molar-refractivity contribution < 1.29 is 22.7 Å². The van der Waals surface area contributed by atoms with E-state index in [1.54, 1.807) is 21.0 Å². The Hall–Kier alpha value is -2.23. The maximum Gasteiger partial charge on any atom is 0.453 e. The highest BCUT2D eigenvalue weighted by atomic mass is 19.4. The molecule has 25 heavy (non-hydrogen) atoms. The smallest absolute Gasteiger partial charge is 0.383 e. The number of carbonyl (C=O) groups excluding carboxylic acids is 1. The molecule has 0 saturated heterocycles. The van der Waals surface area contributed by atoms with Crippen molar-refractivity contribution in [1.82, 2.24) is 24.9 Å². The summed E-state index contributed by atoms with van der Waals surface area (Å²) in [4.78, 5) is 19.5. The van der Waals surface area contributed by atoms with Crippen LogP contribution in [0.5, 0.6) is 0 Å². The third-order valence-electron chi connectivity index (χ3n) is 3.73. The molecule has 1 unspecified atom stereocenters. The number of hydrogen-bond acceptors (Lipinski definition) is 5. The van der Waals surface area contributed by atoms with Gasteiger partial charge in [0.05, 0.1) is 6.61 Å². The Morgan fingerprint density at radius 2 is 2.00 bits per heavy atom. The van der Waals surface area contributed by atoms with E-state index in [-0.39, 0.29) is 24.1 Å². The number of nitrogens with one attached hydrogen (secondary N) is 1. The Morgan fingerprint density at radius 1 is 1.32 bits per heavy atom. The third kappa shape index (κ3) is 4.44. The van der Waals surface area contributed by atoms with Gasteiger partial charge < -0.3 is 10.1 Å². The van der Waals surface area contributed by atoms with E-state index in [0.717, 1.165) is 4.52 Å². The molecule has 0 spiro atoms. The van der Waals surface area contributed by atoms with Crippen LogP contribution in [0.2, 0.25) is 0 Å². The second kappa shape index (κ2) is 7.34. The minimum atomic E-state index is -4.63. The molecule has 2 aromatic rings. The summed E-state index contributed by atoms with van der Waals surface area (Å²) in [6, 6.07) is -0.120. The molecule has 0 radical (unpaired) electrons. The van der Waals surface area contributed by atoms with Crippen molar-refractivity contribution in [1.29, 1.82) is 0 Å². The fourth-order valence-corrected chi connectivity index (χ4v) is 2.57. The van der Waals surface area contributed by atoms with Crippen molar-refractivity contribution in [2.24, 2.45) is 0 Å². The summed E-state index contributed by atoms with van der Waals surface area (Å²) in [5.74, 6) is -1.51. The normalized spacial score (nSPS) is 13.2. The van der Waals surface area contributed by atoms with Gasteiger partial charge in [0.2, 0.25) is 5.91 Å². The van der Waals surface area contributed by atoms with Crippen molar-refractivity contribution >= 4 is 11.7 Å². The molecule has 138 valence electrons. The van der Waals surface area contributed by atoms with Gasteiger partial charge in [-0.05, 0) is 32.8 Å². The van der Waals surface area contributed by atoms with Crippen molar-refractivity contribution in [2.75, 3.05) is 13.7 Å². The van der Waals surface area contributed by atoms with E-state index in [1.165, 1.54) is 0 Å². The minimum Gasteiger partial charge on any atom is -0.383 e. The van der Waals surface area contributed by atoms with E-state index in [2.05, 4.69) is 20.4 Å². The number of methoxy groups -OCH3 is 1. The first-order valence-electron chi connectivity index (χ1n) is 7.71. The molecule has 0 aromatic carbocycles. The van der Waals surface area contributed by atoms with Crippen LogP contribution in [-0.4, -0.2) is 45.2 Å². The maximum atomic E-state index is 12.8. The molecule has 1 N–H and O–H groups in total. The average Bonchev–Trinajstić information content (AvgIpc) is 2.91. The molecule has 1 atom stereocenters. The van der Waals surface area contributed by atoms with E-state index >= 15 is 0 Å². The maximum absolute atomic E-state index is 12.8. The first-order valence-corrected chi connectivity index (χ1v) is 7.71. The molecule has 0 aliphatic rings. The number of fused-ring (bicyclic) bond motifs is 1. The molecule has 1 amide bonds. The number of rotatable bonds is 6. The van der Waals surface area contributed by atoms with Crippen LogP contribution < -0.4 is 5.32 Å². The van der Waals surface area contributed by atoms with Crippen molar-refractivity contribution in [3.63, 3.8) is 0 Å². The van der Waals surface area contributed by atoms with Crippen LogP contribution in [-0.2, 0) is 22.1 Å². The van der Waals surface area contributed by atoms with Crippen molar-refractivity contribution in [2.45, 2.75) is 45.8 Å². The molecule has 0 bridgehead atoms. The zero-order valence-electron chi connectivity index (χ0n) is 14.4. The van der Waals surface area contributed by atoms with E-state index < -0.39 is 12.0 Å². The predicted molar refractivity (Wildman–Crippen MR) is 83.1 cm³/mol. The largest absolute Gasteiger partial charge is 0.453 e. The monoisotopic (exact) mass is 359 g/mol. The van der Waals surface area contributed by atoms with Gasteiger partial charge in [-0.2, -0.15) is 18.2 Å². The van der Waals surface area contributed by atoms with Crippen LogP contribution in [0.4, 0.5) is 13.2 Å². The summed E-state index contributed by atoms with van der Waals surface area (Å²) < 4.78 is 44.3.